The highest BCUT2D eigenvalue weighted by molar-refractivity contribution is 5.89. The number of nitrogens with zero attached hydrogens (tertiary/aromatic N) is 1. The summed E-state index contributed by atoms with van der Waals surface area (Å²) in [5, 5.41) is 3.31. The zero-order valence-corrected chi connectivity index (χ0v) is 11.7. The number of alkyl halides is 3. The number of alkyl carbamates (subject to hydrolysis) is 1. The number of methoxy groups -OCH3 is 1. The first kappa shape index (κ1) is 17.5. The molecule has 122 valence electrons. The van der Waals surface area contributed by atoms with E-state index in [1.807, 2.05) is 5.32 Å². The van der Waals surface area contributed by atoms with Crippen LogP contribution in [-0.4, -0.2) is 42.6 Å². The summed E-state index contributed by atoms with van der Waals surface area (Å²) in [6.45, 7) is 1.23. The Morgan fingerprint density at radius 3 is 2.45 bits per heavy atom. The SMILES string of the molecule is CCOC(=O)N[C@](Nc1ccccn1)(C(=O)OC)C(F)(F)F. The Morgan fingerprint density at radius 2 is 2.00 bits per heavy atom. The van der Waals surface area contributed by atoms with Crippen LogP contribution >= 0.6 is 0 Å². The van der Waals surface area contributed by atoms with Crippen molar-refractivity contribution in [2.24, 2.45) is 0 Å². The fraction of sp³-hybridized carbons (Fsp3) is 0.417. The minimum atomic E-state index is -5.22. The summed E-state index contributed by atoms with van der Waals surface area (Å²) >= 11 is 0. The van der Waals surface area contributed by atoms with Crippen molar-refractivity contribution in [3.63, 3.8) is 0 Å². The van der Waals surface area contributed by atoms with Crippen molar-refractivity contribution in [2.45, 2.75) is 18.8 Å². The molecule has 0 saturated carbocycles. The zero-order valence-electron chi connectivity index (χ0n) is 11.7. The molecular weight excluding hydrogens is 307 g/mol. The summed E-state index contributed by atoms with van der Waals surface area (Å²) in [4.78, 5) is 26.8. The van der Waals surface area contributed by atoms with Crippen molar-refractivity contribution in [1.82, 2.24) is 10.3 Å². The van der Waals surface area contributed by atoms with Crippen LogP contribution in [0.3, 0.4) is 0 Å². The number of anilines is 1. The van der Waals surface area contributed by atoms with Crippen molar-refractivity contribution < 1.29 is 32.2 Å². The van der Waals surface area contributed by atoms with E-state index in [0.29, 0.717) is 0 Å². The number of ether oxygens (including phenoxy) is 2. The summed E-state index contributed by atoms with van der Waals surface area (Å²) < 4.78 is 48.9. The zero-order chi connectivity index (χ0) is 16.8. The summed E-state index contributed by atoms with van der Waals surface area (Å²) in [6, 6.07) is 4.06. The average molecular weight is 321 g/mol. The number of amides is 1. The Balaban J connectivity index is 3.26. The molecule has 0 spiro atoms. The quantitative estimate of drug-likeness (QED) is 0.633. The van der Waals surface area contributed by atoms with Gasteiger partial charge in [-0.1, -0.05) is 6.07 Å². The van der Waals surface area contributed by atoms with Crippen LogP contribution in [0, 0.1) is 0 Å². The van der Waals surface area contributed by atoms with Gasteiger partial charge < -0.3 is 14.8 Å². The number of carbonyl (C=O) groups is 2. The van der Waals surface area contributed by atoms with Gasteiger partial charge in [0.15, 0.2) is 0 Å². The Bertz CT molecular complexity index is 524. The molecule has 0 aliphatic carbocycles. The molecule has 1 aromatic rings. The minimum Gasteiger partial charge on any atom is -0.466 e. The summed E-state index contributed by atoms with van der Waals surface area (Å²) in [6.07, 6.45) is -5.44. The van der Waals surface area contributed by atoms with Crippen LogP contribution in [0.5, 0.6) is 0 Å². The molecule has 1 rings (SSSR count). The van der Waals surface area contributed by atoms with Crippen molar-refractivity contribution in [3.8, 4) is 0 Å². The van der Waals surface area contributed by atoms with Gasteiger partial charge in [-0.15, -0.1) is 0 Å². The van der Waals surface area contributed by atoms with E-state index in [1.54, 1.807) is 0 Å². The normalized spacial score (nSPS) is 13.7. The van der Waals surface area contributed by atoms with Gasteiger partial charge in [0.05, 0.1) is 13.7 Å². The number of rotatable bonds is 5. The second-order valence-corrected chi connectivity index (χ2v) is 3.92. The molecule has 0 fully saturated rings. The fourth-order valence-corrected chi connectivity index (χ4v) is 1.49. The summed E-state index contributed by atoms with van der Waals surface area (Å²) in [5.41, 5.74) is -3.53. The molecule has 0 unspecified atom stereocenters. The molecule has 0 aliphatic rings. The lowest BCUT2D eigenvalue weighted by Crippen LogP contribution is -2.69. The molecule has 22 heavy (non-hydrogen) atoms. The minimum absolute atomic E-state index is 0.176. The molecule has 10 heteroatoms. The molecule has 0 saturated heterocycles. The first-order valence-electron chi connectivity index (χ1n) is 6.06. The lowest BCUT2D eigenvalue weighted by atomic mass is 10.1. The van der Waals surface area contributed by atoms with E-state index >= 15 is 0 Å². The highest BCUT2D eigenvalue weighted by atomic mass is 19.4. The van der Waals surface area contributed by atoms with Crippen LogP contribution in [0.25, 0.3) is 0 Å². The van der Waals surface area contributed by atoms with E-state index in [2.05, 4.69) is 14.5 Å². The van der Waals surface area contributed by atoms with Gasteiger partial charge in [-0.3, -0.25) is 5.32 Å². The summed E-state index contributed by atoms with van der Waals surface area (Å²) in [7, 11) is 0.760. The standard InChI is InChI=1S/C12H14F3N3O4/c1-3-22-10(20)18-11(9(19)21-2,12(13,14)15)17-8-6-4-5-7-16-8/h4-7H,3H2,1-2H3,(H,16,17)(H,18,20)/t11-/m1/s1. The third-order valence-electron chi connectivity index (χ3n) is 2.46. The maximum Gasteiger partial charge on any atom is 0.442 e. The number of halogens is 3. The third kappa shape index (κ3) is 3.77. The van der Waals surface area contributed by atoms with Crippen LogP contribution in [0.1, 0.15) is 6.92 Å². The van der Waals surface area contributed by atoms with Crippen molar-refractivity contribution in [3.05, 3.63) is 24.4 Å². The third-order valence-corrected chi connectivity index (χ3v) is 2.46. The Kier molecular flexibility index (Phi) is 5.55. The molecule has 0 radical (unpaired) electrons. The highest BCUT2D eigenvalue weighted by Gasteiger charge is 2.64. The van der Waals surface area contributed by atoms with Crippen molar-refractivity contribution >= 4 is 17.9 Å². The monoisotopic (exact) mass is 321 g/mol. The van der Waals surface area contributed by atoms with Crippen molar-refractivity contribution in [2.75, 3.05) is 19.0 Å². The van der Waals surface area contributed by atoms with E-state index in [0.717, 1.165) is 7.11 Å². The van der Waals surface area contributed by atoms with Gasteiger partial charge in [-0.05, 0) is 19.1 Å². The van der Waals surface area contributed by atoms with Crippen LogP contribution < -0.4 is 10.6 Å². The second-order valence-electron chi connectivity index (χ2n) is 3.92. The van der Waals surface area contributed by atoms with E-state index < -0.39 is 23.9 Å². The predicted molar refractivity (Wildman–Crippen MR) is 68.8 cm³/mol. The van der Waals surface area contributed by atoms with E-state index in [1.165, 1.54) is 36.6 Å². The lowest BCUT2D eigenvalue weighted by molar-refractivity contribution is -0.203. The van der Waals surface area contributed by atoms with Gasteiger partial charge >= 0.3 is 23.9 Å². The second kappa shape index (κ2) is 6.96. The molecule has 1 amide bonds. The van der Waals surface area contributed by atoms with Crippen molar-refractivity contribution in [1.29, 1.82) is 0 Å². The molecule has 0 aliphatic heterocycles. The van der Waals surface area contributed by atoms with Gasteiger partial charge in [0.2, 0.25) is 0 Å². The lowest BCUT2D eigenvalue weighted by Gasteiger charge is -2.34. The summed E-state index contributed by atoms with van der Waals surface area (Å²) in [5.74, 6) is -2.05. The molecule has 1 heterocycles. The number of carbonyl (C=O) groups excluding carboxylic acids is 2. The first-order valence-corrected chi connectivity index (χ1v) is 6.06. The predicted octanol–water partition coefficient (Wildman–Crippen LogP) is 1.67. The van der Waals surface area contributed by atoms with Gasteiger partial charge in [0.1, 0.15) is 5.82 Å². The number of nitrogens with one attached hydrogen (secondary N) is 2. The Labute approximate surface area is 123 Å². The number of esters is 1. The van der Waals surface area contributed by atoms with E-state index in [-0.39, 0.29) is 12.4 Å². The molecule has 1 aromatic heterocycles. The van der Waals surface area contributed by atoms with Gasteiger partial charge in [-0.25, -0.2) is 14.6 Å². The van der Waals surface area contributed by atoms with Crippen LogP contribution in [0.4, 0.5) is 23.8 Å². The number of hydrogen-bond acceptors (Lipinski definition) is 6. The van der Waals surface area contributed by atoms with Crippen LogP contribution in [-0.2, 0) is 14.3 Å². The topological polar surface area (TPSA) is 89.5 Å². The molecule has 7 nitrogen and oxygen atoms in total. The Hall–Kier alpha value is -2.52. The van der Waals surface area contributed by atoms with Gasteiger partial charge in [0.25, 0.3) is 0 Å². The highest BCUT2D eigenvalue weighted by Crippen LogP contribution is 2.32. The number of hydrogen-bond donors (Lipinski definition) is 2. The van der Waals surface area contributed by atoms with Gasteiger partial charge in [-0.2, -0.15) is 13.2 Å². The Morgan fingerprint density at radius 1 is 1.32 bits per heavy atom. The largest absolute Gasteiger partial charge is 0.466 e. The van der Waals surface area contributed by atoms with Gasteiger partial charge in [0, 0.05) is 6.20 Å². The number of aromatic nitrogens is 1. The molecule has 1 atom stereocenters. The molecule has 0 aromatic carbocycles. The maximum atomic E-state index is 13.4. The molecular formula is C12H14F3N3O4. The molecule has 2 N–H and O–H groups in total. The van der Waals surface area contributed by atoms with Crippen LogP contribution in [0.15, 0.2) is 24.4 Å². The van der Waals surface area contributed by atoms with Crippen LogP contribution in [0.2, 0.25) is 0 Å². The number of pyridine rings is 1. The average Bonchev–Trinajstić information content (AvgIpc) is 2.45. The smallest absolute Gasteiger partial charge is 0.442 e. The van der Waals surface area contributed by atoms with E-state index in [9.17, 15) is 22.8 Å². The molecule has 0 bridgehead atoms. The fourth-order valence-electron chi connectivity index (χ4n) is 1.49. The first-order chi connectivity index (χ1) is 10.3. The van der Waals surface area contributed by atoms with E-state index in [4.69, 9.17) is 0 Å². The maximum absolute atomic E-state index is 13.4.